The van der Waals surface area contributed by atoms with Crippen molar-refractivity contribution in [3.8, 4) is 0 Å². The Balaban J connectivity index is 1.92. The monoisotopic (exact) mass is 236 g/mol. The number of aromatic nitrogens is 4. The minimum atomic E-state index is 0.0325. The van der Waals surface area contributed by atoms with Gasteiger partial charge in [-0.05, 0) is 6.42 Å². The smallest absolute Gasteiger partial charge is 0.203 e. The van der Waals surface area contributed by atoms with Crippen molar-refractivity contribution in [2.24, 2.45) is 5.73 Å². The maximum atomic E-state index is 5.82. The average Bonchev–Trinajstić information content (AvgIpc) is 2.78. The highest BCUT2D eigenvalue weighted by Gasteiger charge is 2.05. The quantitative estimate of drug-likeness (QED) is 0.728. The van der Waals surface area contributed by atoms with Crippen LogP contribution in [0.1, 0.15) is 6.42 Å². The van der Waals surface area contributed by atoms with E-state index >= 15 is 0 Å². The second kappa shape index (κ2) is 5.55. The predicted molar refractivity (Wildman–Crippen MR) is 63.7 cm³/mol. The maximum absolute atomic E-state index is 5.82. The van der Waals surface area contributed by atoms with E-state index < -0.39 is 0 Å². The second-order valence-electron chi connectivity index (χ2n) is 3.77. The van der Waals surface area contributed by atoms with Gasteiger partial charge < -0.3 is 15.8 Å². The SMILES string of the molecule is COCC(N)CCNc1nccn2cnnc12. The molecule has 0 radical (unpaired) electrons. The Morgan fingerprint density at radius 2 is 2.47 bits per heavy atom. The highest BCUT2D eigenvalue weighted by Crippen LogP contribution is 2.09. The van der Waals surface area contributed by atoms with E-state index in [0.29, 0.717) is 12.3 Å². The molecule has 2 rings (SSSR count). The topological polar surface area (TPSA) is 90.4 Å². The van der Waals surface area contributed by atoms with Crippen LogP contribution >= 0.6 is 0 Å². The van der Waals surface area contributed by atoms with Crippen molar-refractivity contribution in [2.75, 3.05) is 25.6 Å². The van der Waals surface area contributed by atoms with Gasteiger partial charge in [0.1, 0.15) is 6.33 Å². The molecule has 7 nitrogen and oxygen atoms in total. The van der Waals surface area contributed by atoms with Gasteiger partial charge >= 0.3 is 0 Å². The van der Waals surface area contributed by atoms with Crippen LogP contribution in [0.3, 0.4) is 0 Å². The standard InChI is InChI=1S/C10H16N6O/c1-17-6-8(11)2-3-12-9-10-15-14-7-16(10)5-4-13-9/h4-5,7-8H,2-3,6,11H2,1H3,(H,12,13). The lowest BCUT2D eigenvalue weighted by Gasteiger charge is -2.11. The molecule has 0 saturated carbocycles. The van der Waals surface area contributed by atoms with E-state index in [4.69, 9.17) is 10.5 Å². The lowest BCUT2D eigenvalue weighted by atomic mass is 10.2. The third-order valence-electron chi connectivity index (χ3n) is 2.40. The third kappa shape index (κ3) is 2.89. The summed E-state index contributed by atoms with van der Waals surface area (Å²) in [6, 6.07) is 0.0325. The van der Waals surface area contributed by atoms with Crippen molar-refractivity contribution in [3.05, 3.63) is 18.7 Å². The first kappa shape index (κ1) is 11.7. The van der Waals surface area contributed by atoms with Gasteiger partial charge in [0.2, 0.25) is 5.65 Å². The maximum Gasteiger partial charge on any atom is 0.203 e. The molecule has 0 bridgehead atoms. The molecule has 92 valence electrons. The van der Waals surface area contributed by atoms with Gasteiger partial charge in [-0.25, -0.2) is 4.98 Å². The Kier molecular flexibility index (Phi) is 3.84. The van der Waals surface area contributed by atoms with Crippen LogP contribution in [0.5, 0.6) is 0 Å². The molecule has 17 heavy (non-hydrogen) atoms. The van der Waals surface area contributed by atoms with Gasteiger partial charge in [-0.3, -0.25) is 4.40 Å². The van der Waals surface area contributed by atoms with Crippen molar-refractivity contribution < 1.29 is 4.74 Å². The summed E-state index contributed by atoms with van der Waals surface area (Å²) in [5.74, 6) is 0.717. The van der Waals surface area contributed by atoms with Crippen molar-refractivity contribution in [1.82, 2.24) is 19.6 Å². The summed E-state index contributed by atoms with van der Waals surface area (Å²) in [7, 11) is 1.64. The number of rotatable bonds is 6. The van der Waals surface area contributed by atoms with Gasteiger partial charge in [0.05, 0.1) is 6.61 Å². The fourth-order valence-electron chi connectivity index (χ4n) is 1.56. The Morgan fingerprint density at radius 3 is 3.29 bits per heavy atom. The summed E-state index contributed by atoms with van der Waals surface area (Å²) in [5.41, 5.74) is 6.54. The summed E-state index contributed by atoms with van der Waals surface area (Å²) in [4.78, 5) is 4.22. The number of nitrogens with one attached hydrogen (secondary N) is 1. The average molecular weight is 236 g/mol. The van der Waals surface area contributed by atoms with Gasteiger partial charge in [-0.2, -0.15) is 0 Å². The Labute approximate surface area is 99.0 Å². The fraction of sp³-hybridized carbons (Fsp3) is 0.500. The molecule has 0 aliphatic carbocycles. The Morgan fingerprint density at radius 1 is 1.59 bits per heavy atom. The van der Waals surface area contributed by atoms with Crippen molar-refractivity contribution in [3.63, 3.8) is 0 Å². The van der Waals surface area contributed by atoms with E-state index in [0.717, 1.165) is 18.8 Å². The molecule has 2 aromatic heterocycles. The minimum Gasteiger partial charge on any atom is -0.383 e. The normalized spacial score (nSPS) is 12.8. The van der Waals surface area contributed by atoms with Crippen LogP contribution in [0.2, 0.25) is 0 Å². The number of nitrogens with two attached hydrogens (primary N) is 1. The molecule has 1 unspecified atom stereocenters. The minimum absolute atomic E-state index is 0.0325. The fourth-order valence-corrected chi connectivity index (χ4v) is 1.56. The summed E-state index contributed by atoms with van der Waals surface area (Å²) in [5, 5.41) is 11.0. The second-order valence-corrected chi connectivity index (χ2v) is 3.77. The van der Waals surface area contributed by atoms with Gasteiger partial charge in [0.15, 0.2) is 5.82 Å². The molecule has 0 aliphatic heterocycles. The first-order valence-electron chi connectivity index (χ1n) is 5.44. The number of nitrogens with zero attached hydrogens (tertiary/aromatic N) is 4. The van der Waals surface area contributed by atoms with Crippen LogP contribution in [-0.4, -0.2) is 45.9 Å². The number of hydrogen-bond donors (Lipinski definition) is 2. The Hall–Kier alpha value is -1.73. The number of hydrogen-bond acceptors (Lipinski definition) is 6. The molecule has 0 aromatic carbocycles. The highest BCUT2D eigenvalue weighted by atomic mass is 16.5. The number of fused-ring (bicyclic) bond motifs is 1. The summed E-state index contributed by atoms with van der Waals surface area (Å²) < 4.78 is 6.78. The summed E-state index contributed by atoms with van der Waals surface area (Å²) in [6.45, 7) is 1.29. The first-order chi connectivity index (χ1) is 8.31. The van der Waals surface area contributed by atoms with Crippen molar-refractivity contribution in [2.45, 2.75) is 12.5 Å². The lowest BCUT2D eigenvalue weighted by Crippen LogP contribution is -2.28. The predicted octanol–water partition coefficient (Wildman–Crippen LogP) is -0.100. The molecule has 0 aliphatic rings. The van der Waals surface area contributed by atoms with Gasteiger partial charge in [0, 0.05) is 32.1 Å². The molecule has 7 heteroatoms. The van der Waals surface area contributed by atoms with E-state index in [9.17, 15) is 0 Å². The van der Waals surface area contributed by atoms with Crippen LogP contribution in [0, 0.1) is 0 Å². The van der Waals surface area contributed by atoms with E-state index in [1.165, 1.54) is 0 Å². The van der Waals surface area contributed by atoms with Gasteiger partial charge in [0.25, 0.3) is 0 Å². The third-order valence-corrected chi connectivity index (χ3v) is 2.40. The van der Waals surface area contributed by atoms with E-state index in [1.54, 1.807) is 25.8 Å². The van der Waals surface area contributed by atoms with Crippen LogP contribution in [0.15, 0.2) is 18.7 Å². The number of anilines is 1. The highest BCUT2D eigenvalue weighted by molar-refractivity contribution is 5.61. The molecular formula is C10H16N6O. The molecule has 2 heterocycles. The molecular weight excluding hydrogens is 220 g/mol. The summed E-state index contributed by atoms with van der Waals surface area (Å²) >= 11 is 0. The molecule has 0 fully saturated rings. The molecule has 1 atom stereocenters. The number of methoxy groups -OCH3 is 1. The lowest BCUT2D eigenvalue weighted by molar-refractivity contribution is 0.178. The molecule has 0 spiro atoms. The largest absolute Gasteiger partial charge is 0.383 e. The van der Waals surface area contributed by atoms with Crippen LogP contribution in [-0.2, 0) is 4.74 Å². The molecule has 3 N–H and O–H groups in total. The first-order valence-corrected chi connectivity index (χ1v) is 5.44. The van der Waals surface area contributed by atoms with Crippen molar-refractivity contribution in [1.29, 1.82) is 0 Å². The zero-order chi connectivity index (χ0) is 12.1. The van der Waals surface area contributed by atoms with Crippen LogP contribution in [0.4, 0.5) is 5.82 Å². The zero-order valence-corrected chi connectivity index (χ0v) is 9.71. The van der Waals surface area contributed by atoms with Crippen LogP contribution in [0.25, 0.3) is 5.65 Å². The van der Waals surface area contributed by atoms with Crippen LogP contribution < -0.4 is 11.1 Å². The molecule has 0 saturated heterocycles. The summed E-state index contributed by atoms with van der Waals surface area (Å²) in [6.07, 6.45) is 5.95. The molecule has 2 aromatic rings. The van der Waals surface area contributed by atoms with Gasteiger partial charge in [-0.15, -0.1) is 10.2 Å². The van der Waals surface area contributed by atoms with E-state index in [1.807, 2.05) is 4.40 Å². The molecule has 0 amide bonds. The van der Waals surface area contributed by atoms with Crippen molar-refractivity contribution >= 4 is 11.5 Å². The number of ether oxygens (including phenoxy) is 1. The Bertz CT molecular complexity index is 471. The van der Waals surface area contributed by atoms with E-state index in [2.05, 4.69) is 20.5 Å². The van der Waals surface area contributed by atoms with E-state index in [-0.39, 0.29) is 6.04 Å². The van der Waals surface area contributed by atoms with Gasteiger partial charge in [-0.1, -0.05) is 0 Å². The zero-order valence-electron chi connectivity index (χ0n) is 9.71.